The Hall–Kier alpha value is -1.56. The molecule has 128 valence electrons. The summed E-state index contributed by atoms with van der Waals surface area (Å²) in [5.74, 6) is 0. The first-order valence-electron chi connectivity index (χ1n) is 7.54. The SMILES string of the molecule is COC1=NS(=O)(=O)C(C)(c2ccc(C(C)(C)C)cc2)C(C)(C)O1. The molecular formula is C17H25NO4S. The van der Waals surface area contributed by atoms with Crippen molar-refractivity contribution in [1.82, 2.24) is 0 Å². The summed E-state index contributed by atoms with van der Waals surface area (Å²) in [5.41, 5.74) is 0.757. The third-order valence-electron chi connectivity index (χ3n) is 4.68. The Morgan fingerprint density at radius 1 is 1.09 bits per heavy atom. The van der Waals surface area contributed by atoms with E-state index in [0.29, 0.717) is 5.56 Å². The van der Waals surface area contributed by atoms with Crippen molar-refractivity contribution < 1.29 is 17.9 Å². The molecule has 0 aromatic heterocycles. The highest BCUT2D eigenvalue weighted by atomic mass is 32.2. The van der Waals surface area contributed by atoms with Gasteiger partial charge in [0.05, 0.1) is 7.11 Å². The second-order valence-corrected chi connectivity index (χ2v) is 9.46. The topological polar surface area (TPSA) is 65.0 Å². The monoisotopic (exact) mass is 339 g/mol. The maximum absolute atomic E-state index is 12.8. The normalized spacial score (nSPS) is 26.1. The Labute approximate surface area is 138 Å². The molecule has 0 amide bonds. The zero-order valence-electron chi connectivity index (χ0n) is 14.8. The molecule has 0 fully saturated rings. The van der Waals surface area contributed by atoms with Gasteiger partial charge >= 0.3 is 6.08 Å². The minimum Gasteiger partial charge on any atom is -0.453 e. The molecule has 2 rings (SSSR count). The van der Waals surface area contributed by atoms with Crippen molar-refractivity contribution in [3.8, 4) is 0 Å². The quantitative estimate of drug-likeness (QED) is 0.787. The smallest absolute Gasteiger partial charge is 0.399 e. The zero-order chi connectivity index (χ0) is 17.7. The Bertz CT molecular complexity index is 727. The first kappa shape index (κ1) is 17.8. The first-order chi connectivity index (χ1) is 10.3. The molecule has 0 saturated carbocycles. The van der Waals surface area contributed by atoms with Crippen LogP contribution in [0.15, 0.2) is 28.7 Å². The van der Waals surface area contributed by atoms with E-state index < -0.39 is 20.4 Å². The van der Waals surface area contributed by atoms with Crippen LogP contribution >= 0.6 is 0 Å². The van der Waals surface area contributed by atoms with Gasteiger partial charge in [-0.05, 0) is 37.3 Å². The lowest BCUT2D eigenvalue weighted by Gasteiger charge is -2.44. The molecule has 1 unspecified atom stereocenters. The van der Waals surface area contributed by atoms with Crippen LogP contribution in [-0.2, 0) is 29.7 Å². The Morgan fingerprint density at radius 2 is 1.61 bits per heavy atom. The van der Waals surface area contributed by atoms with Crippen LogP contribution in [0.1, 0.15) is 52.7 Å². The molecule has 0 N–H and O–H groups in total. The van der Waals surface area contributed by atoms with E-state index in [-0.39, 0.29) is 11.5 Å². The molecular weight excluding hydrogens is 314 g/mol. The van der Waals surface area contributed by atoms with Gasteiger partial charge in [0.1, 0.15) is 5.60 Å². The maximum atomic E-state index is 12.8. The van der Waals surface area contributed by atoms with Crippen molar-refractivity contribution >= 4 is 16.1 Å². The first-order valence-corrected chi connectivity index (χ1v) is 8.98. The average Bonchev–Trinajstić information content (AvgIpc) is 2.42. The third kappa shape index (κ3) is 2.73. The van der Waals surface area contributed by atoms with Crippen molar-refractivity contribution in [3.05, 3.63) is 35.4 Å². The molecule has 0 spiro atoms. The summed E-state index contributed by atoms with van der Waals surface area (Å²) in [6.45, 7) is 11.5. The number of benzene rings is 1. The summed E-state index contributed by atoms with van der Waals surface area (Å²) in [7, 11) is -2.52. The van der Waals surface area contributed by atoms with E-state index >= 15 is 0 Å². The molecule has 1 aromatic rings. The molecule has 1 heterocycles. The van der Waals surface area contributed by atoms with Gasteiger partial charge in [0.25, 0.3) is 10.0 Å². The van der Waals surface area contributed by atoms with E-state index in [0.717, 1.165) is 5.56 Å². The van der Waals surface area contributed by atoms with Gasteiger partial charge in [-0.2, -0.15) is 0 Å². The summed E-state index contributed by atoms with van der Waals surface area (Å²) in [6, 6.07) is 7.61. The van der Waals surface area contributed by atoms with Crippen molar-refractivity contribution in [1.29, 1.82) is 0 Å². The minimum atomic E-state index is -3.86. The number of ether oxygens (including phenoxy) is 2. The lowest BCUT2D eigenvalue weighted by Crippen LogP contribution is -2.56. The van der Waals surface area contributed by atoms with Crippen LogP contribution in [0.4, 0.5) is 0 Å². The number of hydrogen-bond acceptors (Lipinski definition) is 4. The Kier molecular flexibility index (Phi) is 4.04. The predicted molar refractivity (Wildman–Crippen MR) is 91.0 cm³/mol. The van der Waals surface area contributed by atoms with Crippen LogP contribution in [-0.4, -0.2) is 27.2 Å². The molecule has 0 radical (unpaired) electrons. The van der Waals surface area contributed by atoms with E-state index in [1.165, 1.54) is 7.11 Å². The third-order valence-corrected chi connectivity index (χ3v) is 6.83. The van der Waals surface area contributed by atoms with E-state index in [9.17, 15) is 8.42 Å². The molecule has 0 aliphatic carbocycles. The minimum absolute atomic E-state index is 0.00172. The molecule has 1 aliphatic heterocycles. The van der Waals surface area contributed by atoms with E-state index in [4.69, 9.17) is 9.47 Å². The average molecular weight is 339 g/mol. The zero-order valence-corrected chi connectivity index (χ0v) is 15.6. The van der Waals surface area contributed by atoms with Gasteiger partial charge < -0.3 is 9.47 Å². The van der Waals surface area contributed by atoms with Crippen molar-refractivity contribution in [3.63, 3.8) is 0 Å². The number of methoxy groups -OCH3 is 1. The summed E-state index contributed by atoms with van der Waals surface area (Å²) in [4.78, 5) is 0. The van der Waals surface area contributed by atoms with Gasteiger partial charge in [0, 0.05) is 0 Å². The standard InChI is InChI=1S/C17H25NO4S/c1-15(2,3)12-8-10-13(11-9-12)17(6)16(4,5)22-14(21-7)18-23(17,19)20/h8-11H,1-7H3. The van der Waals surface area contributed by atoms with Crippen molar-refractivity contribution in [2.75, 3.05) is 7.11 Å². The number of hydrogen-bond donors (Lipinski definition) is 0. The Balaban J connectivity index is 2.62. The molecule has 23 heavy (non-hydrogen) atoms. The lowest BCUT2D eigenvalue weighted by molar-refractivity contribution is 0.0134. The van der Waals surface area contributed by atoms with Crippen molar-refractivity contribution in [2.45, 2.75) is 57.3 Å². The van der Waals surface area contributed by atoms with E-state index in [2.05, 4.69) is 25.2 Å². The van der Waals surface area contributed by atoms with Crippen LogP contribution in [0, 0.1) is 0 Å². The van der Waals surface area contributed by atoms with Crippen LogP contribution in [0.25, 0.3) is 0 Å². The molecule has 1 aromatic carbocycles. The molecule has 1 atom stereocenters. The fourth-order valence-corrected chi connectivity index (χ4v) is 4.29. The highest BCUT2D eigenvalue weighted by molar-refractivity contribution is 7.91. The number of nitrogens with zero attached hydrogens (tertiary/aromatic N) is 1. The highest BCUT2D eigenvalue weighted by Gasteiger charge is 2.58. The lowest BCUT2D eigenvalue weighted by atomic mass is 9.82. The Morgan fingerprint density at radius 3 is 2.00 bits per heavy atom. The summed E-state index contributed by atoms with van der Waals surface area (Å²) >= 11 is 0. The molecule has 5 nitrogen and oxygen atoms in total. The van der Waals surface area contributed by atoms with Crippen molar-refractivity contribution in [2.24, 2.45) is 4.40 Å². The van der Waals surface area contributed by atoms with E-state index in [1.54, 1.807) is 20.8 Å². The number of sulfonamides is 1. The summed E-state index contributed by atoms with van der Waals surface area (Å²) < 4.78 is 38.6. The van der Waals surface area contributed by atoms with Crippen LogP contribution in [0.3, 0.4) is 0 Å². The molecule has 0 saturated heterocycles. The molecule has 0 bridgehead atoms. The molecule has 1 aliphatic rings. The number of rotatable bonds is 1. The fourth-order valence-electron chi connectivity index (χ4n) is 2.70. The van der Waals surface area contributed by atoms with Crippen LogP contribution in [0.2, 0.25) is 0 Å². The van der Waals surface area contributed by atoms with Gasteiger partial charge in [-0.15, -0.1) is 0 Å². The second kappa shape index (κ2) is 5.23. The van der Waals surface area contributed by atoms with Gasteiger partial charge in [0.15, 0.2) is 4.75 Å². The largest absolute Gasteiger partial charge is 0.453 e. The second-order valence-electron chi connectivity index (χ2n) is 7.51. The maximum Gasteiger partial charge on any atom is 0.399 e. The van der Waals surface area contributed by atoms with Gasteiger partial charge in [0.2, 0.25) is 0 Å². The van der Waals surface area contributed by atoms with Crippen LogP contribution < -0.4 is 0 Å². The summed E-state index contributed by atoms with van der Waals surface area (Å²) in [5, 5.41) is 0. The van der Waals surface area contributed by atoms with E-state index in [1.807, 2.05) is 24.3 Å². The molecule has 6 heteroatoms. The predicted octanol–water partition coefficient (Wildman–Crippen LogP) is 3.34. The highest BCUT2D eigenvalue weighted by Crippen LogP contribution is 2.46. The summed E-state index contributed by atoms with van der Waals surface area (Å²) in [6.07, 6.45) is -0.223. The van der Waals surface area contributed by atoms with Crippen LogP contribution in [0.5, 0.6) is 0 Å². The van der Waals surface area contributed by atoms with Gasteiger partial charge in [-0.25, -0.2) is 8.42 Å². The van der Waals surface area contributed by atoms with Gasteiger partial charge in [-0.1, -0.05) is 49.4 Å². The van der Waals surface area contributed by atoms with Gasteiger partial charge in [-0.3, -0.25) is 0 Å². The fraction of sp³-hybridized carbons (Fsp3) is 0.588.